The molecule has 8 heteroatoms. The van der Waals surface area contributed by atoms with Gasteiger partial charge in [0, 0.05) is 26.1 Å². The maximum atomic E-state index is 13.2. The molecule has 1 aliphatic rings. The molecule has 2 amide bonds. The zero-order valence-corrected chi connectivity index (χ0v) is 19.3. The number of hydrogen-bond donors (Lipinski definition) is 0. The largest absolute Gasteiger partial charge is 0.493 e. The molecule has 0 N–H and O–H groups in total. The fourth-order valence-corrected chi connectivity index (χ4v) is 3.95. The number of ether oxygens (including phenoxy) is 3. The number of amides is 2. The lowest BCUT2D eigenvalue weighted by Gasteiger charge is -2.25. The minimum absolute atomic E-state index is 0.0634. The molecule has 1 saturated heterocycles. The van der Waals surface area contributed by atoms with Crippen LogP contribution in [0.5, 0.6) is 11.5 Å². The van der Waals surface area contributed by atoms with E-state index in [1.165, 1.54) is 12.0 Å². The molecule has 1 aliphatic heterocycles. The highest BCUT2D eigenvalue weighted by Crippen LogP contribution is 2.28. The lowest BCUT2D eigenvalue weighted by atomic mass is 10.1. The summed E-state index contributed by atoms with van der Waals surface area (Å²) in [4.78, 5) is 40.9. The summed E-state index contributed by atoms with van der Waals surface area (Å²) in [5.41, 5.74) is 1.91. The van der Waals surface area contributed by atoms with E-state index in [0.717, 1.165) is 11.1 Å². The van der Waals surface area contributed by atoms with Crippen molar-refractivity contribution in [1.29, 1.82) is 0 Å². The van der Waals surface area contributed by atoms with Gasteiger partial charge in [-0.3, -0.25) is 14.4 Å². The molecule has 8 nitrogen and oxygen atoms in total. The molecule has 0 radical (unpaired) electrons. The Morgan fingerprint density at radius 3 is 2.39 bits per heavy atom. The van der Waals surface area contributed by atoms with E-state index in [9.17, 15) is 14.4 Å². The summed E-state index contributed by atoms with van der Waals surface area (Å²) in [6.07, 6.45) is 0.764. The van der Waals surface area contributed by atoms with Crippen LogP contribution in [0, 0.1) is 5.92 Å². The molecule has 1 heterocycles. The van der Waals surface area contributed by atoms with E-state index in [-0.39, 0.29) is 31.3 Å². The van der Waals surface area contributed by atoms with Crippen molar-refractivity contribution in [2.75, 3.05) is 41.0 Å². The molecule has 2 aromatic rings. The first-order chi connectivity index (χ1) is 15.9. The lowest BCUT2D eigenvalue weighted by Crippen LogP contribution is -2.40. The third kappa shape index (κ3) is 6.25. The van der Waals surface area contributed by atoms with Crippen LogP contribution in [0.2, 0.25) is 0 Å². The average molecular weight is 455 g/mol. The zero-order valence-electron chi connectivity index (χ0n) is 19.3. The molecule has 1 unspecified atom stereocenters. The van der Waals surface area contributed by atoms with Gasteiger partial charge in [0.25, 0.3) is 0 Å². The number of nitrogens with zero attached hydrogens (tertiary/aromatic N) is 2. The molecule has 0 aromatic heterocycles. The number of carbonyl (C=O) groups is 3. The molecule has 0 spiro atoms. The van der Waals surface area contributed by atoms with Crippen LogP contribution in [-0.4, -0.2) is 68.5 Å². The monoisotopic (exact) mass is 454 g/mol. The minimum Gasteiger partial charge on any atom is -0.493 e. The maximum Gasteiger partial charge on any atom is 0.325 e. The van der Waals surface area contributed by atoms with Crippen LogP contribution >= 0.6 is 0 Å². The Morgan fingerprint density at radius 2 is 1.73 bits per heavy atom. The maximum absolute atomic E-state index is 13.2. The summed E-state index contributed by atoms with van der Waals surface area (Å²) in [7, 11) is 4.46. The normalized spacial score (nSPS) is 15.3. The first-order valence-corrected chi connectivity index (χ1v) is 10.8. The first-order valence-electron chi connectivity index (χ1n) is 10.8. The number of methoxy groups -OCH3 is 3. The van der Waals surface area contributed by atoms with Crippen molar-refractivity contribution < 1.29 is 28.6 Å². The number of hydrogen-bond acceptors (Lipinski definition) is 6. The predicted octanol–water partition coefficient (Wildman–Crippen LogP) is 2.30. The second-order valence-electron chi connectivity index (χ2n) is 7.94. The van der Waals surface area contributed by atoms with Crippen molar-refractivity contribution in [2.24, 2.45) is 5.92 Å². The van der Waals surface area contributed by atoms with Crippen molar-refractivity contribution in [3.63, 3.8) is 0 Å². The van der Waals surface area contributed by atoms with Gasteiger partial charge in [-0.15, -0.1) is 0 Å². The third-order valence-corrected chi connectivity index (χ3v) is 5.76. The van der Waals surface area contributed by atoms with Crippen LogP contribution < -0.4 is 9.47 Å². The fraction of sp³-hybridized carbons (Fsp3) is 0.400. The Labute approximate surface area is 194 Å². The van der Waals surface area contributed by atoms with Crippen LogP contribution in [0.4, 0.5) is 0 Å². The molecule has 176 valence electrons. The standard InChI is InChI=1S/C25H30N2O6/c1-31-21-10-9-18(13-22(21)32-2)11-12-26-16-20(14-23(26)28)25(30)27(17-24(29)33-3)15-19-7-5-4-6-8-19/h4-10,13,20H,11-12,14-17H2,1-3H3. The summed E-state index contributed by atoms with van der Waals surface area (Å²) < 4.78 is 15.4. The van der Waals surface area contributed by atoms with Crippen molar-refractivity contribution in [1.82, 2.24) is 9.80 Å². The summed E-state index contributed by atoms with van der Waals surface area (Å²) in [6.45, 7) is 0.955. The van der Waals surface area contributed by atoms with Gasteiger partial charge in [0.2, 0.25) is 11.8 Å². The number of esters is 1. The Kier molecular flexibility index (Phi) is 8.29. The highest BCUT2D eigenvalue weighted by atomic mass is 16.5. The minimum atomic E-state index is -0.492. The van der Waals surface area contributed by atoms with Gasteiger partial charge in [0.15, 0.2) is 11.5 Å². The summed E-state index contributed by atoms with van der Waals surface area (Å²) in [5, 5.41) is 0. The van der Waals surface area contributed by atoms with Gasteiger partial charge < -0.3 is 24.0 Å². The topological polar surface area (TPSA) is 85.4 Å². The van der Waals surface area contributed by atoms with Gasteiger partial charge in [-0.1, -0.05) is 36.4 Å². The van der Waals surface area contributed by atoms with E-state index >= 15 is 0 Å². The van der Waals surface area contributed by atoms with Gasteiger partial charge in [-0.05, 0) is 29.7 Å². The van der Waals surface area contributed by atoms with Crippen molar-refractivity contribution in [2.45, 2.75) is 19.4 Å². The molecule has 3 rings (SSSR count). The van der Waals surface area contributed by atoms with Gasteiger partial charge in [0.1, 0.15) is 6.54 Å². The summed E-state index contributed by atoms with van der Waals surface area (Å²) in [6, 6.07) is 15.1. The van der Waals surface area contributed by atoms with Crippen molar-refractivity contribution in [3.05, 3.63) is 59.7 Å². The molecule has 0 saturated carbocycles. The van der Waals surface area contributed by atoms with E-state index in [2.05, 4.69) is 0 Å². The lowest BCUT2D eigenvalue weighted by molar-refractivity contribution is -0.148. The Hall–Kier alpha value is -3.55. The Morgan fingerprint density at radius 1 is 1.00 bits per heavy atom. The molecule has 1 atom stereocenters. The van der Waals surface area contributed by atoms with E-state index in [1.807, 2.05) is 48.5 Å². The third-order valence-electron chi connectivity index (χ3n) is 5.76. The van der Waals surface area contributed by atoms with E-state index in [4.69, 9.17) is 14.2 Å². The molecule has 33 heavy (non-hydrogen) atoms. The Balaban J connectivity index is 1.64. The van der Waals surface area contributed by atoms with E-state index in [1.54, 1.807) is 19.1 Å². The van der Waals surface area contributed by atoms with Gasteiger partial charge >= 0.3 is 5.97 Å². The number of benzene rings is 2. The van der Waals surface area contributed by atoms with Crippen LogP contribution in [-0.2, 0) is 32.1 Å². The zero-order chi connectivity index (χ0) is 23.8. The van der Waals surface area contributed by atoms with Crippen LogP contribution in [0.25, 0.3) is 0 Å². The molecule has 2 aromatic carbocycles. The highest BCUT2D eigenvalue weighted by Gasteiger charge is 2.36. The number of rotatable bonds is 10. The predicted molar refractivity (Wildman–Crippen MR) is 122 cm³/mol. The molecular formula is C25H30N2O6. The van der Waals surface area contributed by atoms with Crippen molar-refractivity contribution in [3.8, 4) is 11.5 Å². The van der Waals surface area contributed by atoms with Gasteiger partial charge in [-0.2, -0.15) is 0 Å². The van der Waals surface area contributed by atoms with Crippen LogP contribution in [0.3, 0.4) is 0 Å². The molecule has 0 bridgehead atoms. The smallest absolute Gasteiger partial charge is 0.325 e. The molecule has 0 aliphatic carbocycles. The average Bonchev–Trinajstić information content (AvgIpc) is 3.22. The Bertz CT molecular complexity index is 978. The van der Waals surface area contributed by atoms with E-state index < -0.39 is 11.9 Å². The van der Waals surface area contributed by atoms with Gasteiger partial charge in [0.05, 0.1) is 27.2 Å². The quantitative estimate of drug-likeness (QED) is 0.512. The molecule has 1 fully saturated rings. The SMILES string of the molecule is COC(=O)CN(Cc1ccccc1)C(=O)C1CC(=O)N(CCc2ccc(OC)c(OC)c2)C1. The second-order valence-corrected chi connectivity index (χ2v) is 7.94. The van der Waals surface area contributed by atoms with E-state index in [0.29, 0.717) is 31.0 Å². The summed E-state index contributed by atoms with van der Waals surface area (Å²) >= 11 is 0. The molecular weight excluding hydrogens is 424 g/mol. The van der Waals surface area contributed by atoms with Crippen LogP contribution in [0.15, 0.2) is 48.5 Å². The fourth-order valence-electron chi connectivity index (χ4n) is 3.95. The summed E-state index contributed by atoms with van der Waals surface area (Å²) in [5.74, 6) is 0.0198. The highest BCUT2D eigenvalue weighted by molar-refractivity contribution is 5.90. The van der Waals surface area contributed by atoms with Gasteiger partial charge in [-0.25, -0.2) is 0 Å². The van der Waals surface area contributed by atoms with Crippen molar-refractivity contribution >= 4 is 17.8 Å². The number of carbonyl (C=O) groups excluding carboxylic acids is 3. The number of likely N-dealkylation sites (tertiary alicyclic amines) is 1. The van der Waals surface area contributed by atoms with Crippen LogP contribution in [0.1, 0.15) is 17.5 Å². The first kappa shape index (κ1) is 24.1. The second kappa shape index (κ2) is 11.4.